The van der Waals surface area contributed by atoms with Gasteiger partial charge in [0.25, 0.3) is 0 Å². The molecule has 4 aromatic rings. The molecule has 0 saturated carbocycles. The molecular formula is C24H18N4O3S. The minimum Gasteiger partial charge on any atom is -0.437 e. The van der Waals surface area contributed by atoms with E-state index in [9.17, 15) is 10.1 Å². The maximum atomic E-state index is 12.9. The van der Waals surface area contributed by atoms with Gasteiger partial charge in [0.2, 0.25) is 11.7 Å². The van der Waals surface area contributed by atoms with Crippen LogP contribution in [0.2, 0.25) is 0 Å². The maximum Gasteiger partial charge on any atom is 0.242 e. The highest BCUT2D eigenvalue weighted by Crippen LogP contribution is 2.38. The van der Waals surface area contributed by atoms with Crippen LogP contribution in [0, 0.1) is 11.3 Å². The summed E-state index contributed by atoms with van der Waals surface area (Å²) in [5.74, 6) is 0.664. The van der Waals surface area contributed by atoms with Gasteiger partial charge in [0, 0.05) is 31.2 Å². The summed E-state index contributed by atoms with van der Waals surface area (Å²) in [6, 6.07) is 16.9. The number of rotatable bonds is 5. The number of thiazole rings is 1. The van der Waals surface area contributed by atoms with Gasteiger partial charge in [-0.05, 0) is 49.2 Å². The first-order valence-corrected chi connectivity index (χ1v) is 11.0. The van der Waals surface area contributed by atoms with E-state index in [1.54, 1.807) is 30.5 Å². The lowest BCUT2D eigenvalue weighted by atomic mass is 9.78. The molecule has 0 spiro atoms. The number of ether oxygens (including phenoxy) is 2. The van der Waals surface area contributed by atoms with Crippen LogP contribution < -0.4 is 4.74 Å². The molecule has 3 heterocycles. The molecule has 0 aliphatic carbocycles. The summed E-state index contributed by atoms with van der Waals surface area (Å²) < 4.78 is 12.4. The standard InChI is InChI=1S/C24H18N4O3S/c25-15-24(9-13-30-14-10-24)21-22(27-12-11-26-21)31-17-7-5-16(6-8-17)20(29)23-28-18-3-1-2-4-19(18)32-23/h1-8,11-12H,9-10,13-14H2. The second-order valence-electron chi connectivity index (χ2n) is 7.46. The van der Waals surface area contributed by atoms with Gasteiger partial charge in [-0.3, -0.25) is 9.78 Å². The molecule has 7 nitrogen and oxygen atoms in total. The Labute approximate surface area is 188 Å². The molecule has 158 valence electrons. The van der Waals surface area contributed by atoms with Crippen molar-refractivity contribution in [2.75, 3.05) is 13.2 Å². The predicted molar refractivity (Wildman–Crippen MR) is 119 cm³/mol. The molecule has 32 heavy (non-hydrogen) atoms. The smallest absolute Gasteiger partial charge is 0.242 e. The van der Waals surface area contributed by atoms with E-state index >= 15 is 0 Å². The third-order valence-corrected chi connectivity index (χ3v) is 6.53. The van der Waals surface area contributed by atoms with Gasteiger partial charge in [-0.15, -0.1) is 11.3 Å². The Bertz CT molecular complexity index is 1290. The number of nitriles is 1. The molecule has 1 saturated heterocycles. The van der Waals surface area contributed by atoms with Crippen molar-refractivity contribution in [2.45, 2.75) is 18.3 Å². The zero-order chi connectivity index (χ0) is 22.0. The SMILES string of the molecule is N#CC1(c2nccnc2Oc2ccc(C(=O)c3nc4ccccc4s3)cc2)CCOCC1. The number of nitrogens with zero attached hydrogens (tertiary/aromatic N) is 4. The minimum absolute atomic E-state index is 0.136. The number of benzene rings is 2. The van der Waals surface area contributed by atoms with Gasteiger partial charge in [0.1, 0.15) is 16.9 Å². The average molecular weight is 443 g/mol. The lowest BCUT2D eigenvalue weighted by Crippen LogP contribution is -2.33. The highest BCUT2D eigenvalue weighted by Gasteiger charge is 2.39. The number of hydrogen-bond donors (Lipinski definition) is 0. The van der Waals surface area contributed by atoms with Crippen molar-refractivity contribution in [3.63, 3.8) is 0 Å². The summed E-state index contributed by atoms with van der Waals surface area (Å²) >= 11 is 1.38. The Balaban J connectivity index is 1.39. The lowest BCUT2D eigenvalue weighted by Gasteiger charge is -2.30. The van der Waals surface area contributed by atoms with E-state index in [1.165, 1.54) is 17.5 Å². The van der Waals surface area contributed by atoms with Crippen molar-refractivity contribution in [2.24, 2.45) is 0 Å². The number of carbonyl (C=O) groups is 1. The first-order chi connectivity index (χ1) is 15.7. The van der Waals surface area contributed by atoms with E-state index in [-0.39, 0.29) is 5.78 Å². The van der Waals surface area contributed by atoms with Crippen LogP contribution in [-0.4, -0.2) is 33.9 Å². The second-order valence-corrected chi connectivity index (χ2v) is 8.49. The molecule has 0 amide bonds. The Morgan fingerprint density at radius 3 is 2.56 bits per heavy atom. The van der Waals surface area contributed by atoms with E-state index in [2.05, 4.69) is 21.0 Å². The Kier molecular flexibility index (Phi) is 5.35. The fourth-order valence-corrected chi connectivity index (χ4v) is 4.66. The Morgan fingerprint density at radius 1 is 1.06 bits per heavy atom. The first kappa shape index (κ1) is 20.2. The van der Waals surface area contributed by atoms with Crippen LogP contribution in [0.3, 0.4) is 0 Å². The number of hydrogen-bond acceptors (Lipinski definition) is 8. The zero-order valence-corrected chi connectivity index (χ0v) is 17.8. The molecule has 0 unspecified atom stereocenters. The minimum atomic E-state index is -0.787. The molecule has 0 radical (unpaired) electrons. The summed E-state index contributed by atoms with van der Waals surface area (Å²) in [6.45, 7) is 0.984. The van der Waals surface area contributed by atoms with Crippen LogP contribution in [0.5, 0.6) is 11.6 Å². The van der Waals surface area contributed by atoms with Crippen molar-refractivity contribution in [1.82, 2.24) is 15.0 Å². The number of ketones is 1. The molecule has 0 atom stereocenters. The van der Waals surface area contributed by atoms with E-state index in [1.807, 2.05) is 24.3 Å². The molecule has 2 aromatic heterocycles. The first-order valence-electron chi connectivity index (χ1n) is 10.2. The Morgan fingerprint density at radius 2 is 1.81 bits per heavy atom. The van der Waals surface area contributed by atoms with Gasteiger partial charge in [0.05, 0.1) is 16.3 Å². The second kappa shape index (κ2) is 8.46. The summed E-state index contributed by atoms with van der Waals surface area (Å²) in [4.78, 5) is 26.0. The van der Waals surface area contributed by atoms with Crippen LogP contribution in [0.15, 0.2) is 60.9 Å². The normalized spacial score (nSPS) is 15.2. The highest BCUT2D eigenvalue weighted by molar-refractivity contribution is 7.20. The summed E-state index contributed by atoms with van der Waals surface area (Å²) in [5.41, 5.74) is 1.06. The van der Waals surface area contributed by atoms with E-state index in [4.69, 9.17) is 9.47 Å². The van der Waals surface area contributed by atoms with Crippen LogP contribution in [-0.2, 0) is 10.2 Å². The third-order valence-electron chi connectivity index (χ3n) is 5.50. The molecule has 8 heteroatoms. The molecular weight excluding hydrogens is 424 g/mol. The average Bonchev–Trinajstić information content (AvgIpc) is 3.29. The van der Waals surface area contributed by atoms with Gasteiger partial charge >= 0.3 is 0 Å². The van der Waals surface area contributed by atoms with Gasteiger partial charge in [0.15, 0.2) is 5.01 Å². The molecule has 5 rings (SSSR count). The van der Waals surface area contributed by atoms with Gasteiger partial charge in [-0.1, -0.05) is 12.1 Å². The van der Waals surface area contributed by atoms with Crippen LogP contribution in [0.4, 0.5) is 0 Å². The van der Waals surface area contributed by atoms with Crippen molar-refractivity contribution >= 4 is 27.3 Å². The number of aromatic nitrogens is 3. The summed E-state index contributed by atoms with van der Waals surface area (Å²) in [6.07, 6.45) is 4.17. The van der Waals surface area contributed by atoms with Crippen molar-refractivity contribution < 1.29 is 14.3 Å². The summed E-state index contributed by atoms with van der Waals surface area (Å²) in [5, 5.41) is 10.3. The van der Waals surface area contributed by atoms with Gasteiger partial charge < -0.3 is 9.47 Å². The predicted octanol–water partition coefficient (Wildman–Crippen LogP) is 4.68. The van der Waals surface area contributed by atoms with E-state index < -0.39 is 5.41 Å². The largest absolute Gasteiger partial charge is 0.437 e. The molecule has 2 aromatic carbocycles. The van der Waals surface area contributed by atoms with E-state index in [0.29, 0.717) is 53.9 Å². The highest BCUT2D eigenvalue weighted by atomic mass is 32.1. The zero-order valence-electron chi connectivity index (χ0n) is 17.0. The topological polar surface area (TPSA) is 98.0 Å². The van der Waals surface area contributed by atoms with Gasteiger partial charge in [-0.25, -0.2) is 9.97 Å². The molecule has 1 aliphatic heterocycles. The van der Waals surface area contributed by atoms with Crippen LogP contribution in [0.25, 0.3) is 10.2 Å². The van der Waals surface area contributed by atoms with Crippen LogP contribution in [0.1, 0.15) is 33.9 Å². The quantitative estimate of drug-likeness (QED) is 0.414. The monoisotopic (exact) mass is 442 g/mol. The third kappa shape index (κ3) is 3.73. The van der Waals surface area contributed by atoms with Crippen molar-refractivity contribution in [3.8, 4) is 17.7 Å². The lowest BCUT2D eigenvalue weighted by molar-refractivity contribution is 0.0655. The fraction of sp³-hybridized carbons (Fsp3) is 0.208. The Hall–Kier alpha value is -3.67. The molecule has 0 bridgehead atoms. The maximum absolute atomic E-state index is 12.9. The van der Waals surface area contributed by atoms with Gasteiger partial charge in [-0.2, -0.15) is 5.26 Å². The van der Waals surface area contributed by atoms with Crippen molar-refractivity contribution in [3.05, 3.63) is 77.2 Å². The fourth-order valence-electron chi connectivity index (χ4n) is 3.73. The molecule has 1 aliphatic rings. The molecule has 1 fully saturated rings. The van der Waals surface area contributed by atoms with Crippen molar-refractivity contribution in [1.29, 1.82) is 5.26 Å². The van der Waals surface area contributed by atoms with Crippen LogP contribution >= 0.6 is 11.3 Å². The summed E-state index contributed by atoms with van der Waals surface area (Å²) in [7, 11) is 0. The number of fused-ring (bicyclic) bond motifs is 1. The molecule has 0 N–H and O–H groups in total. The number of carbonyl (C=O) groups excluding carboxylic acids is 1. The number of para-hydroxylation sites is 1. The van der Waals surface area contributed by atoms with E-state index in [0.717, 1.165) is 10.2 Å².